The van der Waals surface area contributed by atoms with Gasteiger partial charge in [-0.2, -0.15) is 0 Å². The first-order chi connectivity index (χ1) is 11.6. The Kier molecular flexibility index (Phi) is 4.80. The number of aromatic nitrogens is 1. The lowest BCUT2D eigenvalue weighted by Crippen LogP contribution is -2.44. The number of fused-ring (bicyclic) bond motifs is 1. The second-order valence-corrected chi connectivity index (χ2v) is 6.14. The second-order valence-electron chi connectivity index (χ2n) is 5.32. The van der Waals surface area contributed by atoms with Gasteiger partial charge in [0.05, 0.1) is 0 Å². The van der Waals surface area contributed by atoms with Crippen molar-refractivity contribution in [1.82, 2.24) is 4.98 Å². The number of anilines is 2. The van der Waals surface area contributed by atoms with Crippen LogP contribution in [0.3, 0.4) is 0 Å². The van der Waals surface area contributed by atoms with Crippen molar-refractivity contribution >= 4 is 39.2 Å². The van der Waals surface area contributed by atoms with Crippen molar-refractivity contribution in [3.63, 3.8) is 0 Å². The summed E-state index contributed by atoms with van der Waals surface area (Å²) in [5.74, 6) is 0.238. The van der Waals surface area contributed by atoms with Crippen LogP contribution in [0.15, 0.2) is 41.0 Å². The Labute approximate surface area is 148 Å². The number of benzene rings is 1. The number of hydrogen-bond acceptors (Lipinski definition) is 4. The Morgan fingerprint density at radius 3 is 2.75 bits per heavy atom. The van der Waals surface area contributed by atoms with Crippen molar-refractivity contribution < 1.29 is 14.3 Å². The van der Waals surface area contributed by atoms with Gasteiger partial charge in [-0.3, -0.25) is 14.5 Å². The number of aryl methyl sites for hydroxylation is 1. The van der Waals surface area contributed by atoms with Gasteiger partial charge in [0.25, 0.3) is 5.91 Å². The van der Waals surface area contributed by atoms with Crippen molar-refractivity contribution in [2.75, 3.05) is 23.4 Å². The van der Waals surface area contributed by atoms with Crippen molar-refractivity contribution in [2.24, 2.45) is 0 Å². The van der Waals surface area contributed by atoms with Crippen LogP contribution in [0.25, 0.3) is 0 Å². The Morgan fingerprint density at radius 2 is 2.04 bits per heavy atom. The fraction of sp³-hybridized carbons (Fsp3) is 0.235. The molecule has 1 aliphatic heterocycles. The monoisotopic (exact) mass is 389 g/mol. The molecule has 0 aliphatic carbocycles. The molecule has 0 spiro atoms. The molecule has 2 amide bonds. The van der Waals surface area contributed by atoms with E-state index in [0.717, 1.165) is 6.42 Å². The normalized spacial score (nSPS) is 13.2. The molecule has 3 rings (SSSR count). The molecule has 1 aliphatic rings. The molecule has 6 nitrogen and oxygen atoms in total. The number of amides is 2. The predicted molar refractivity (Wildman–Crippen MR) is 94.2 cm³/mol. The first-order valence-corrected chi connectivity index (χ1v) is 8.34. The van der Waals surface area contributed by atoms with Gasteiger partial charge < -0.3 is 10.1 Å². The molecule has 124 valence electrons. The van der Waals surface area contributed by atoms with E-state index in [1.54, 1.807) is 12.1 Å². The molecule has 0 bridgehead atoms. The molecule has 1 N–H and O–H groups in total. The van der Waals surface area contributed by atoms with Crippen LogP contribution >= 0.6 is 15.9 Å². The van der Waals surface area contributed by atoms with Gasteiger partial charge in [0.1, 0.15) is 11.1 Å². The van der Waals surface area contributed by atoms with E-state index in [2.05, 4.69) is 33.2 Å². The molecule has 0 fully saturated rings. The molecule has 0 saturated heterocycles. The van der Waals surface area contributed by atoms with E-state index in [9.17, 15) is 9.59 Å². The van der Waals surface area contributed by atoms with E-state index < -0.39 is 0 Å². The van der Waals surface area contributed by atoms with Gasteiger partial charge in [-0.1, -0.05) is 19.1 Å². The zero-order chi connectivity index (χ0) is 17.1. The molecule has 2 heterocycles. The highest BCUT2D eigenvalue weighted by Gasteiger charge is 2.28. The third-order valence-electron chi connectivity index (χ3n) is 3.66. The van der Waals surface area contributed by atoms with Crippen LogP contribution in [-0.4, -0.2) is 29.9 Å². The van der Waals surface area contributed by atoms with Gasteiger partial charge in [0, 0.05) is 5.69 Å². The van der Waals surface area contributed by atoms with Gasteiger partial charge in [0.2, 0.25) is 5.91 Å². The van der Waals surface area contributed by atoms with Crippen LogP contribution in [0.5, 0.6) is 5.75 Å². The van der Waals surface area contributed by atoms with Crippen molar-refractivity contribution in [1.29, 1.82) is 0 Å². The molecule has 1 aromatic heterocycles. The van der Waals surface area contributed by atoms with Crippen molar-refractivity contribution in [3.8, 4) is 5.75 Å². The number of halogens is 1. The molecular weight excluding hydrogens is 374 g/mol. The van der Waals surface area contributed by atoms with E-state index in [1.165, 1.54) is 10.5 Å². The van der Waals surface area contributed by atoms with Crippen LogP contribution in [0.1, 0.15) is 12.5 Å². The van der Waals surface area contributed by atoms with Gasteiger partial charge in [-0.05, 0) is 52.2 Å². The first-order valence-electron chi connectivity index (χ1n) is 7.55. The van der Waals surface area contributed by atoms with Crippen molar-refractivity contribution in [2.45, 2.75) is 13.3 Å². The summed E-state index contributed by atoms with van der Waals surface area (Å²) in [6.07, 6.45) is 0.938. The van der Waals surface area contributed by atoms with Crippen LogP contribution in [0.2, 0.25) is 0 Å². The molecule has 0 saturated carbocycles. The molecule has 2 aromatic rings. The zero-order valence-electron chi connectivity index (χ0n) is 13.1. The number of carbonyl (C=O) groups excluding carboxylic acids is 2. The quantitative estimate of drug-likeness (QED) is 0.816. The molecule has 0 radical (unpaired) electrons. The molecule has 1 aromatic carbocycles. The standard InChI is InChI=1S/C17H16BrN3O3/c1-2-11-3-5-12(6-4-11)19-15(22)9-21-16(23)10-24-13-7-8-14(18)20-17(13)21/h3-8H,2,9-10H2,1H3,(H,19,22). The molecule has 24 heavy (non-hydrogen) atoms. The van der Waals surface area contributed by atoms with E-state index >= 15 is 0 Å². The maximum Gasteiger partial charge on any atom is 0.266 e. The summed E-state index contributed by atoms with van der Waals surface area (Å²) in [4.78, 5) is 30.0. The van der Waals surface area contributed by atoms with Crippen LogP contribution in [0.4, 0.5) is 11.5 Å². The minimum atomic E-state index is -0.301. The predicted octanol–water partition coefficient (Wildman–Crippen LogP) is 2.77. The second kappa shape index (κ2) is 7.00. The summed E-state index contributed by atoms with van der Waals surface area (Å²) < 4.78 is 5.91. The molecular formula is C17H16BrN3O3. The summed E-state index contributed by atoms with van der Waals surface area (Å²) >= 11 is 3.27. The van der Waals surface area contributed by atoms with Gasteiger partial charge in [-0.15, -0.1) is 0 Å². The lowest BCUT2D eigenvalue weighted by atomic mass is 10.1. The number of hydrogen-bond donors (Lipinski definition) is 1. The highest BCUT2D eigenvalue weighted by molar-refractivity contribution is 9.10. The van der Waals surface area contributed by atoms with Crippen LogP contribution in [-0.2, 0) is 16.0 Å². The van der Waals surface area contributed by atoms with E-state index in [1.807, 2.05) is 24.3 Å². The molecule has 0 atom stereocenters. The third kappa shape index (κ3) is 3.56. The number of ether oxygens (including phenoxy) is 1. The van der Waals surface area contributed by atoms with Gasteiger partial charge in [-0.25, -0.2) is 4.98 Å². The first kappa shape index (κ1) is 16.4. The summed E-state index contributed by atoms with van der Waals surface area (Å²) in [7, 11) is 0. The highest BCUT2D eigenvalue weighted by atomic mass is 79.9. The number of rotatable bonds is 4. The average molecular weight is 390 g/mol. The molecule has 7 heteroatoms. The lowest BCUT2D eigenvalue weighted by molar-refractivity contribution is -0.123. The van der Waals surface area contributed by atoms with E-state index in [0.29, 0.717) is 21.9 Å². The fourth-order valence-corrected chi connectivity index (χ4v) is 2.69. The average Bonchev–Trinajstić information content (AvgIpc) is 2.58. The Morgan fingerprint density at radius 1 is 1.29 bits per heavy atom. The third-order valence-corrected chi connectivity index (χ3v) is 4.10. The highest BCUT2D eigenvalue weighted by Crippen LogP contribution is 2.31. The Bertz CT molecular complexity index is 777. The minimum absolute atomic E-state index is 0.102. The SMILES string of the molecule is CCc1ccc(NC(=O)CN2C(=O)COc3ccc(Br)nc32)cc1. The number of pyridine rings is 1. The summed E-state index contributed by atoms with van der Waals surface area (Å²) in [5.41, 5.74) is 1.89. The van der Waals surface area contributed by atoms with E-state index in [4.69, 9.17) is 4.74 Å². The number of nitrogens with one attached hydrogen (secondary N) is 1. The number of carbonyl (C=O) groups is 2. The van der Waals surface area contributed by atoms with Gasteiger partial charge >= 0.3 is 0 Å². The van der Waals surface area contributed by atoms with Crippen molar-refractivity contribution in [3.05, 3.63) is 46.6 Å². The van der Waals surface area contributed by atoms with Crippen LogP contribution in [0, 0.1) is 0 Å². The van der Waals surface area contributed by atoms with Crippen LogP contribution < -0.4 is 15.0 Å². The van der Waals surface area contributed by atoms with E-state index in [-0.39, 0.29) is 25.0 Å². The number of nitrogens with zero attached hydrogens (tertiary/aromatic N) is 2. The largest absolute Gasteiger partial charge is 0.480 e. The Hall–Kier alpha value is -2.41. The Balaban J connectivity index is 1.74. The zero-order valence-corrected chi connectivity index (χ0v) is 14.7. The topological polar surface area (TPSA) is 71.5 Å². The summed E-state index contributed by atoms with van der Waals surface area (Å²) in [6, 6.07) is 11.1. The smallest absolute Gasteiger partial charge is 0.266 e. The fourth-order valence-electron chi connectivity index (χ4n) is 2.39. The lowest BCUT2D eigenvalue weighted by Gasteiger charge is -2.27. The van der Waals surface area contributed by atoms with Gasteiger partial charge in [0.15, 0.2) is 18.2 Å². The maximum absolute atomic E-state index is 12.3. The summed E-state index contributed by atoms with van der Waals surface area (Å²) in [5, 5.41) is 2.79. The summed E-state index contributed by atoms with van der Waals surface area (Å²) in [6.45, 7) is 1.85. The maximum atomic E-state index is 12.3. The minimum Gasteiger partial charge on any atom is -0.480 e. The molecule has 0 unspecified atom stereocenters.